The third kappa shape index (κ3) is 4.70. The van der Waals surface area contributed by atoms with Crippen molar-refractivity contribution in [3.63, 3.8) is 0 Å². The molecule has 0 saturated carbocycles. The molecule has 0 aliphatic heterocycles. The number of carbonyl (C=O) groups is 2. The second-order valence-corrected chi connectivity index (χ2v) is 5.64. The van der Waals surface area contributed by atoms with Crippen LogP contribution >= 0.6 is 0 Å². The SMILES string of the molecule is O=C(NNC(=O)c1ccc(-c2cccc(C(F)(F)F)c2)o1)Nc1ccccc1. The van der Waals surface area contributed by atoms with Gasteiger partial charge < -0.3 is 9.73 Å². The second-order valence-electron chi connectivity index (χ2n) is 5.64. The molecule has 0 aliphatic rings. The van der Waals surface area contributed by atoms with Crippen LogP contribution in [0.3, 0.4) is 0 Å². The van der Waals surface area contributed by atoms with Crippen LogP contribution in [0, 0.1) is 0 Å². The van der Waals surface area contributed by atoms with Crippen molar-refractivity contribution in [1.29, 1.82) is 0 Å². The van der Waals surface area contributed by atoms with Gasteiger partial charge in [-0.2, -0.15) is 13.2 Å². The lowest BCUT2D eigenvalue weighted by atomic mass is 10.1. The monoisotopic (exact) mass is 389 g/mol. The molecule has 3 aromatic rings. The number of benzene rings is 2. The predicted molar refractivity (Wildman–Crippen MR) is 95.2 cm³/mol. The van der Waals surface area contributed by atoms with E-state index in [4.69, 9.17) is 4.42 Å². The molecule has 28 heavy (non-hydrogen) atoms. The first kappa shape index (κ1) is 19.0. The number of urea groups is 1. The fourth-order valence-corrected chi connectivity index (χ4v) is 2.32. The van der Waals surface area contributed by atoms with E-state index in [9.17, 15) is 22.8 Å². The van der Waals surface area contributed by atoms with Crippen LogP contribution in [0.5, 0.6) is 0 Å². The molecule has 0 aliphatic carbocycles. The molecule has 1 heterocycles. The molecule has 144 valence electrons. The summed E-state index contributed by atoms with van der Waals surface area (Å²) in [7, 11) is 0. The number of halogens is 3. The average Bonchev–Trinajstić information content (AvgIpc) is 3.17. The highest BCUT2D eigenvalue weighted by Crippen LogP contribution is 2.32. The van der Waals surface area contributed by atoms with Crippen LogP contribution in [-0.4, -0.2) is 11.9 Å². The van der Waals surface area contributed by atoms with E-state index in [0.29, 0.717) is 5.69 Å². The summed E-state index contributed by atoms with van der Waals surface area (Å²) < 4.78 is 43.7. The Hall–Kier alpha value is -3.75. The highest BCUT2D eigenvalue weighted by atomic mass is 19.4. The number of anilines is 1. The summed E-state index contributed by atoms with van der Waals surface area (Å²) in [5.74, 6) is -0.848. The van der Waals surface area contributed by atoms with Crippen LogP contribution in [0.2, 0.25) is 0 Å². The van der Waals surface area contributed by atoms with Crippen molar-refractivity contribution in [1.82, 2.24) is 10.9 Å². The first-order chi connectivity index (χ1) is 13.3. The number of carbonyl (C=O) groups excluding carboxylic acids is 2. The molecular weight excluding hydrogens is 375 g/mol. The zero-order chi connectivity index (χ0) is 20.1. The van der Waals surface area contributed by atoms with Crippen LogP contribution in [-0.2, 0) is 6.18 Å². The minimum Gasteiger partial charge on any atom is -0.451 e. The van der Waals surface area contributed by atoms with Crippen LogP contribution < -0.4 is 16.2 Å². The number of rotatable bonds is 3. The summed E-state index contributed by atoms with van der Waals surface area (Å²) in [6.07, 6.45) is -4.49. The lowest BCUT2D eigenvalue weighted by molar-refractivity contribution is -0.137. The number of hydrogen-bond acceptors (Lipinski definition) is 3. The molecular formula is C19H14F3N3O3. The number of alkyl halides is 3. The van der Waals surface area contributed by atoms with E-state index < -0.39 is 23.7 Å². The topological polar surface area (TPSA) is 83.4 Å². The summed E-state index contributed by atoms with van der Waals surface area (Å²) >= 11 is 0. The number of hydrazine groups is 1. The maximum Gasteiger partial charge on any atom is 0.416 e. The van der Waals surface area contributed by atoms with Crippen molar-refractivity contribution < 1.29 is 27.2 Å². The Labute approximate surface area is 157 Å². The first-order valence-electron chi connectivity index (χ1n) is 8.03. The molecule has 0 spiro atoms. The molecule has 6 nitrogen and oxygen atoms in total. The van der Waals surface area contributed by atoms with Gasteiger partial charge in [0, 0.05) is 11.3 Å². The number of hydrogen-bond donors (Lipinski definition) is 3. The van der Waals surface area contributed by atoms with E-state index in [1.54, 1.807) is 30.3 Å². The zero-order valence-corrected chi connectivity index (χ0v) is 14.2. The summed E-state index contributed by atoms with van der Waals surface area (Å²) in [4.78, 5) is 23.8. The Morgan fingerprint density at radius 2 is 1.61 bits per heavy atom. The largest absolute Gasteiger partial charge is 0.451 e. The molecule has 0 bridgehead atoms. The van der Waals surface area contributed by atoms with Gasteiger partial charge in [0.2, 0.25) is 0 Å². The number of nitrogens with one attached hydrogen (secondary N) is 3. The summed E-state index contributed by atoms with van der Waals surface area (Å²) in [5.41, 5.74) is 4.16. The number of furan rings is 1. The molecule has 3 rings (SSSR count). The molecule has 1 aromatic heterocycles. The smallest absolute Gasteiger partial charge is 0.416 e. The second kappa shape index (κ2) is 7.87. The molecule has 3 amide bonds. The Bertz CT molecular complexity index is 985. The molecule has 0 saturated heterocycles. The average molecular weight is 389 g/mol. The van der Waals surface area contributed by atoms with Crippen molar-refractivity contribution in [2.24, 2.45) is 0 Å². The van der Waals surface area contributed by atoms with Gasteiger partial charge in [0.25, 0.3) is 0 Å². The highest BCUT2D eigenvalue weighted by molar-refractivity contribution is 5.95. The Kier molecular flexibility index (Phi) is 5.35. The van der Waals surface area contributed by atoms with E-state index in [0.717, 1.165) is 12.1 Å². The predicted octanol–water partition coefficient (Wildman–Crippen LogP) is 4.43. The van der Waals surface area contributed by atoms with Gasteiger partial charge in [0.05, 0.1) is 5.56 Å². The maximum absolute atomic E-state index is 12.8. The Morgan fingerprint density at radius 1 is 0.857 bits per heavy atom. The van der Waals surface area contributed by atoms with Gasteiger partial charge in [0.15, 0.2) is 5.76 Å². The highest BCUT2D eigenvalue weighted by Gasteiger charge is 2.30. The Balaban J connectivity index is 1.62. The lowest BCUT2D eigenvalue weighted by Crippen LogP contribution is -2.43. The van der Waals surface area contributed by atoms with E-state index in [1.165, 1.54) is 24.3 Å². The van der Waals surface area contributed by atoms with E-state index in [2.05, 4.69) is 16.2 Å². The summed E-state index contributed by atoms with van der Waals surface area (Å²) in [5, 5.41) is 2.50. The van der Waals surface area contributed by atoms with Gasteiger partial charge >= 0.3 is 18.1 Å². The summed E-state index contributed by atoms with van der Waals surface area (Å²) in [6.45, 7) is 0. The van der Waals surface area contributed by atoms with Crippen LogP contribution in [0.25, 0.3) is 11.3 Å². The van der Waals surface area contributed by atoms with Crippen molar-refractivity contribution in [3.8, 4) is 11.3 Å². The third-order valence-corrected chi connectivity index (χ3v) is 3.63. The lowest BCUT2D eigenvalue weighted by Gasteiger charge is -2.08. The van der Waals surface area contributed by atoms with E-state index in [-0.39, 0.29) is 17.1 Å². The number of amides is 3. The normalized spacial score (nSPS) is 11.0. The van der Waals surface area contributed by atoms with Crippen LogP contribution in [0.15, 0.2) is 71.1 Å². The zero-order valence-electron chi connectivity index (χ0n) is 14.2. The number of para-hydroxylation sites is 1. The van der Waals surface area contributed by atoms with E-state index >= 15 is 0 Å². The van der Waals surface area contributed by atoms with Crippen molar-refractivity contribution in [3.05, 3.63) is 78.1 Å². The molecule has 0 unspecified atom stereocenters. The minimum atomic E-state index is -4.49. The molecule has 3 N–H and O–H groups in total. The van der Waals surface area contributed by atoms with Crippen molar-refractivity contribution in [2.45, 2.75) is 6.18 Å². The van der Waals surface area contributed by atoms with Gasteiger partial charge in [-0.15, -0.1) is 0 Å². The van der Waals surface area contributed by atoms with Crippen LogP contribution in [0.1, 0.15) is 16.1 Å². The third-order valence-electron chi connectivity index (χ3n) is 3.63. The van der Waals surface area contributed by atoms with Gasteiger partial charge in [-0.3, -0.25) is 10.2 Å². The van der Waals surface area contributed by atoms with Gasteiger partial charge in [-0.05, 0) is 36.4 Å². The molecule has 2 aromatic carbocycles. The maximum atomic E-state index is 12.8. The van der Waals surface area contributed by atoms with Crippen molar-refractivity contribution in [2.75, 3.05) is 5.32 Å². The van der Waals surface area contributed by atoms with Crippen molar-refractivity contribution >= 4 is 17.6 Å². The molecule has 9 heteroatoms. The minimum absolute atomic E-state index is 0.0880. The molecule has 0 atom stereocenters. The summed E-state index contributed by atoms with van der Waals surface area (Å²) in [6, 6.07) is 15.1. The fraction of sp³-hybridized carbons (Fsp3) is 0.0526. The molecule has 0 radical (unpaired) electrons. The van der Waals surface area contributed by atoms with Gasteiger partial charge in [-0.1, -0.05) is 30.3 Å². The van der Waals surface area contributed by atoms with E-state index in [1.807, 2.05) is 0 Å². The first-order valence-corrected chi connectivity index (χ1v) is 8.03. The Morgan fingerprint density at radius 3 is 2.32 bits per heavy atom. The molecule has 0 fully saturated rings. The standard InChI is InChI=1S/C19H14F3N3O3/c20-19(21,22)13-6-4-5-12(11-13)15-9-10-16(28-15)17(26)24-25-18(27)23-14-7-2-1-3-8-14/h1-11H,(H,24,26)(H2,23,25,27). The fourth-order valence-electron chi connectivity index (χ4n) is 2.32. The van der Waals surface area contributed by atoms with Gasteiger partial charge in [-0.25, -0.2) is 10.2 Å². The quantitative estimate of drug-likeness (QED) is 0.580. The van der Waals surface area contributed by atoms with Gasteiger partial charge in [0.1, 0.15) is 5.76 Å². The van der Waals surface area contributed by atoms with Crippen LogP contribution in [0.4, 0.5) is 23.7 Å².